The van der Waals surface area contributed by atoms with E-state index in [2.05, 4.69) is 24.3 Å². The van der Waals surface area contributed by atoms with Crippen LogP contribution in [0.5, 0.6) is 0 Å². The number of hydrogen-bond donors (Lipinski definition) is 0. The summed E-state index contributed by atoms with van der Waals surface area (Å²) in [5.74, 6) is 0.399. The van der Waals surface area contributed by atoms with Gasteiger partial charge in [0.1, 0.15) is 0 Å². The van der Waals surface area contributed by atoms with Crippen LogP contribution in [0.1, 0.15) is 41.8 Å². The fourth-order valence-electron chi connectivity index (χ4n) is 2.59. The Bertz CT molecular complexity index is 679. The van der Waals surface area contributed by atoms with Gasteiger partial charge in [-0.3, -0.25) is 4.79 Å². The number of carbonyl (C=O) groups is 1. The van der Waals surface area contributed by atoms with E-state index >= 15 is 0 Å². The number of amides is 1. The van der Waals surface area contributed by atoms with Crippen LogP contribution in [0.3, 0.4) is 0 Å². The van der Waals surface area contributed by atoms with Gasteiger partial charge in [0.25, 0.3) is 5.91 Å². The normalized spacial score (nSPS) is 11.2. The Kier molecular flexibility index (Phi) is 7.07. The van der Waals surface area contributed by atoms with Crippen LogP contribution in [-0.4, -0.2) is 23.4 Å². The molecule has 3 heteroatoms. The molecule has 0 spiro atoms. The first-order chi connectivity index (χ1) is 11.6. The van der Waals surface area contributed by atoms with Gasteiger partial charge in [-0.2, -0.15) is 0 Å². The van der Waals surface area contributed by atoms with Crippen LogP contribution in [0.25, 0.3) is 6.08 Å². The molecular weight excluding hydrogens is 318 g/mol. The summed E-state index contributed by atoms with van der Waals surface area (Å²) in [5, 5.41) is 0. The van der Waals surface area contributed by atoms with E-state index in [1.54, 1.807) is 0 Å². The van der Waals surface area contributed by atoms with E-state index in [1.807, 2.05) is 61.2 Å². The van der Waals surface area contributed by atoms with E-state index < -0.39 is 0 Å². The van der Waals surface area contributed by atoms with Crippen molar-refractivity contribution in [2.75, 3.05) is 6.54 Å². The Hall–Kier alpha value is -2.06. The Labute approximate surface area is 149 Å². The molecule has 2 nitrogen and oxygen atoms in total. The lowest BCUT2D eigenvalue weighted by atomic mass is 10.1. The number of rotatable bonds is 7. The predicted octanol–water partition coefficient (Wildman–Crippen LogP) is 5.38. The summed E-state index contributed by atoms with van der Waals surface area (Å²) in [4.78, 5) is 14.8. The van der Waals surface area contributed by atoms with Crippen LogP contribution >= 0.6 is 11.6 Å². The highest BCUT2D eigenvalue weighted by Gasteiger charge is 2.20. The minimum atomic E-state index is 0.0503. The number of carbonyl (C=O) groups excluding carboxylic acids is 1. The Morgan fingerprint density at radius 1 is 1.08 bits per heavy atom. The van der Waals surface area contributed by atoms with Crippen molar-refractivity contribution in [1.82, 2.24) is 4.90 Å². The third kappa shape index (κ3) is 4.97. The maximum Gasteiger partial charge on any atom is 0.254 e. The number of halogens is 1. The molecule has 0 saturated carbocycles. The van der Waals surface area contributed by atoms with Gasteiger partial charge in [-0.25, -0.2) is 0 Å². The lowest BCUT2D eigenvalue weighted by Crippen LogP contribution is -2.38. The van der Waals surface area contributed by atoms with Gasteiger partial charge in [0.05, 0.1) is 0 Å². The summed E-state index contributed by atoms with van der Waals surface area (Å²) in [5.41, 5.74) is 2.76. The molecule has 0 bridgehead atoms. The number of benzene rings is 2. The smallest absolute Gasteiger partial charge is 0.254 e. The van der Waals surface area contributed by atoms with Gasteiger partial charge < -0.3 is 4.90 Å². The van der Waals surface area contributed by atoms with Gasteiger partial charge in [0, 0.05) is 24.0 Å². The Morgan fingerprint density at radius 2 is 1.75 bits per heavy atom. The molecule has 0 aliphatic rings. The fourth-order valence-corrected chi connectivity index (χ4v) is 2.82. The second kappa shape index (κ2) is 9.29. The number of hydrogen-bond acceptors (Lipinski definition) is 1. The third-order valence-electron chi connectivity index (χ3n) is 3.92. The summed E-state index contributed by atoms with van der Waals surface area (Å²) in [7, 11) is 0. The van der Waals surface area contributed by atoms with Gasteiger partial charge in [-0.15, -0.1) is 11.6 Å². The molecule has 126 valence electrons. The first-order valence-electron chi connectivity index (χ1n) is 8.30. The van der Waals surface area contributed by atoms with Crippen molar-refractivity contribution in [2.24, 2.45) is 0 Å². The van der Waals surface area contributed by atoms with E-state index in [-0.39, 0.29) is 11.9 Å². The fraction of sp³-hybridized carbons (Fsp3) is 0.286. The average Bonchev–Trinajstić information content (AvgIpc) is 2.61. The molecule has 2 rings (SSSR count). The van der Waals surface area contributed by atoms with Crippen molar-refractivity contribution in [2.45, 2.75) is 32.2 Å². The first kappa shape index (κ1) is 18.3. The summed E-state index contributed by atoms with van der Waals surface area (Å²) in [6.07, 6.45) is 5.03. The lowest BCUT2D eigenvalue weighted by molar-refractivity contribution is 0.0708. The van der Waals surface area contributed by atoms with Crippen LogP contribution in [0.2, 0.25) is 0 Å². The zero-order valence-corrected chi connectivity index (χ0v) is 15.0. The maximum atomic E-state index is 12.9. The third-order valence-corrected chi connectivity index (χ3v) is 4.21. The highest BCUT2D eigenvalue weighted by Crippen LogP contribution is 2.16. The largest absolute Gasteiger partial charge is 0.336 e. The molecule has 0 saturated heterocycles. The molecule has 2 aromatic rings. The SMILES string of the molecule is CC(C)N(CC/C=C/c1ccccc1)C(=O)c1ccccc1CCl. The second-order valence-electron chi connectivity index (χ2n) is 5.98. The summed E-state index contributed by atoms with van der Waals surface area (Å²) < 4.78 is 0. The standard InChI is InChI=1S/C21H24ClNO/c1-17(2)23(15-9-8-12-18-10-4-3-5-11-18)21(24)20-14-7-6-13-19(20)16-22/h3-8,10-14,17H,9,15-16H2,1-2H3/b12-8+. The molecule has 0 aliphatic heterocycles. The molecule has 0 heterocycles. The molecule has 24 heavy (non-hydrogen) atoms. The zero-order valence-electron chi connectivity index (χ0n) is 14.3. The van der Waals surface area contributed by atoms with Gasteiger partial charge >= 0.3 is 0 Å². The highest BCUT2D eigenvalue weighted by atomic mass is 35.5. The van der Waals surface area contributed by atoms with Gasteiger partial charge in [0.2, 0.25) is 0 Å². The zero-order chi connectivity index (χ0) is 17.4. The van der Waals surface area contributed by atoms with Gasteiger partial charge in [-0.1, -0.05) is 60.7 Å². The van der Waals surface area contributed by atoms with Crippen molar-refractivity contribution in [3.8, 4) is 0 Å². The lowest BCUT2D eigenvalue weighted by Gasteiger charge is -2.27. The molecular formula is C21H24ClNO. The molecule has 0 aromatic heterocycles. The molecule has 0 unspecified atom stereocenters. The average molecular weight is 342 g/mol. The Balaban J connectivity index is 2.04. The van der Waals surface area contributed by atoms with Gasteiger partial charge in [0.15, 0.2) is 0 Å². The highest BCUT2D eigenvalue weighted by molar-refractivity contribution is 6.17. The predicted molar refractivity (Wildman–Crippen MR) is 102 cm³/mol. The molecule has 0 aliphatic carbocycles. The van der Waals surface area contributed by atoms with E-state index in [0.717, 1.165) is 12.0 Å². The van der Waals surface area contributed by atoms with Crippen LogP contribution < -0.4 is 0 Å². The molecule has 0 fully saturated rings. The first-order valence-corrected chi connectivity index (χ1v) is 8.83. The number of alkyl halides is 1. The van der Waals surface area contributed by atoms with Crippen molar-refractivity contribution in [3.63, 3.8) is 0 Å². The second-order valence-corrected chi connectivity index (χ2v) is 6.25. The molecule has 0 radical (unpaired) electrons. The van der Waals surface area contributed by atoms with Crippen LogP contribution in [0.4, 0.5) is 0 Å². The molecule has 0 N–H and O–H groups in total. The number of nitrogens with zero attached hydrogens (tertiary/aromatic N) is 1. The van der Waals surface area contributed by atoms with Crippen molar-refractivity contribution in [1.29, 1.82) is 0 Å². The molecule has 2 aromatic carbocycles. The van der Waals surface area contributed by atoms with Crippen molar-refractivity contribution >= 4 is 23.6 Å². The molecule has 0 atom stereocenters. The maximum absolute atomic E-state index is 12.9. The van der Waals surface area contributed by atoms with Crippen molar-refractivity contribution < 1.29 is 4.79 Å². The monoisotopic (exact) mass is 341 g/mol. The van der Waals surface area contributed by atoms with Gasteiger partial charge in [-0.05, 0) is 37.5 Å². The van der Waals surface area contributed by atoms with Crippen LogP contribution in [0, 0.1) is 0 Å². The summed E-state index contributed by atoms with van der Waals surface area (Å²) >= 11 is 5.97. The summed E-state index contributed by atoms with van der Waals surface area (Å²) in [6.45, 7) is 4.78. The van der Waals surface area contributed by atoms with Crippen LogP contribution in [-0.2, 0) is 5.88 Å². The van der Waals surface area contributed by atoms with E-state index in [0.29, 0.717) is 18.0 Å². The Morgan fingerprint density at radius 3 is 2.42 bits per heavy atom. The summed E-state index contributed by atoms with van der Waals surface area (Å²) in [6, 6.07) is 17.9. The molecule has 1 amide bonds. The minimum absolute atomic E-state index is 0.0503. The van der Waals surface area contributed by atoms with E-state index in [4.69, 9.17) is 11.6 Å². The van der Waals surface area contributed by atoms with Crippen LogP contribution in [0.15, 0.2) is 60.7 Å². The minimum Gasteiger partial charge on any atom is -0.336 e. The van der Waals surface area contributed by atoms with Crippen molar-refractivity contribution in [3.05, 3.63) is 77.4 Å². The van der Waals surface area contributed by atoms with E-state index in [9.17, 15) is 4.79 Å². The quantitative estimate of drug-likeness (QED) is 0.619. The topological polar surface area (TPSA) is 20.3 Å². The van der Waals surface area contributed by atoms with E-state index in [1.165, 1.54) is 5.56 Å².